The lowest BCUT2D eigenvalue weighted by Gasteiger charge is -2.32. The number of hydrogen-bond acceptors (Lipinski definition) is 3. The van der Waals surface area contributed by atoms with E-state index in [4.69, 9.17) is 0 Å². The molecule has 1 fully saturated rings. The van der Waals surface area contributed by atoms with Gasteiger partial charge < -0.3 is 20.9 Å². The third kappa shape index (κ3) is 4.97. The lowest BCUT2D eigenvalue weighted by molar-refractivity contribution is -0.121. The van der Waals surface area contributed by atoms with Gasteiger partial charge in [-0.1, -0.05) is 18.2 Å². The number of hydrogen-bond donors (Lipinski definition) is 3. The standard InChI is InChI=1S/C17H24N4O3/c1-12(2)19-15(22)11-18-17(24)20-14-9-6-10-21(16(14)23)13-7-4-3-5-8-13/h3-5,7-8,12,14H,6,9-11H2,1-2H3,(H,19,22)(H2,18,20,24). The largest absolute Gasteiger partial charge is 0.352 e. The summed E-state index contributed by atoms with van der Waals surface area (Å²) in [7, 11) is 0. The summed E-state index contributed by atoms with van der Waals surface area (Å²) < 4.78 is 0. The maximum absolute atomic E-state index is 12.5. The molecular weight excluding hydrogens is 308 g/mol. The van der Waals surface area contributed by atoms with Crippen LogP contribution in [0.1, 0.15) is 26.7 Å². The molecule has 1 aliphatic heterocycles. The summed E-state index contributed by atoms with van der Waals surface area (Å²) in [6.07, 6.45) is 1.40. The lowest BCUT2D eigenvalue weighted by Crippen LogP contribution is -2.55. The van der Waals surface area contributed by atoms with Gasteiger partial charge in [0.05, 0.1) is 6.54 Å². The number of rotatable bonds is 5. The van der Waals surface area contributed by atoms with Crippen LogP contribution in [0.25, 0.3) is 0 Å². The minimum atomic E-state index is -0.577. The molecule has 0 aromatic heterocycles. The molecule has 24 heavy (non-hydrogen) atoms. The molecule has 7 heteroatoms. The Bertz CT molecular complexity index is 589. The molecule has 1 aliphatic rings. The van der Waals surface area contributed by atoms with E-state index in [0.29, 0.717) is 13.0 Å². The van der Waals surface area contributed by atoms with Crippen LogP contribution in [0.2, 0.25) is 0 Å². The van der Waals surface area contributed by atoms with E-state index < -0.39 is 12.1 Å². The minimum absolute atomic E-state index is 0.0155. The van der Waals surface area contributed by atoms with Gasteiger partial charge in [0.25, 0.3) is 0 Å². The molecular formula is C17H24N4O3. The van der Waals surface area contributed by atoms with Crippen LogP contribution < -0.4 is 20.9 Å². The predicted molar refractivity (Wildman–Crippen MR) is 91.6 cm³/mol. The van der Waals surface area contributed by atoms with E-state index in [1.807, 2.05) is 44.2 Å². The molecule has 1 heterocycles. The molecule has 0 spiro atoms. The number of para-hydroxylation sites is 1. The van der Waals surface area contributed by atoms with Crippen LogP contribution >= 0.6 is 0 Å². The van der Waals surface area contributed by atoms with Crippen LogP contribution in [-0.4, -0.2) is 43.0 Å². The number of nitrogens with one attached hydrogen (secondary N) is 3. The van der Waals surface area contributed by atoms with Gasteiger partial charge in [-0.05, 0) is 38.8 Å². The van der Waals surface area contributed by atoms with E-state index in [1.54, 1.807) is 4.90 Å². The zero-order valence-electron chi connectivity index (χ0n) is 14.0. The number of nitrogens with zero attached hydrogens (tertiary/aromatic N) is 1. The van der Waals surface area contributed by atoms with Gasteiger partial charge in [-0.2, -0.15) is 0 Å². The van der Waals surface area contributed by atoms with Gasteiger partial charge in [0.15, 0.2) is 0 Å². The van der Waals surface area contributed by atoms with Crippen LogP contribution in [0.5, 0.6) is 0 Å². The topological polar surface area (TPSA) is 90.5 Å². The van der Waals surface area contributed by atoms with Crippen molar-refractivity contribution in [2.75, 3.05) is 18.0 Å². The van der Waals surface area contributed by atoms with Crippen molar-refractivity contribution in [1.82, 2.24) is 16.0 Å². The Hall–Kier alpha value is -2.57. The van der Waals surface area contributed by atoms with Crippen LogP contribution in [-0.2, 0) is 9.59 Å². The van der Waals surface area contributed by atoms with Crippen molar-refractivity contribution >= 4 is 23.5 Å². The molecule has 1 unspecified atom stereocenters. The summed E-state index contributed by atoms with van der Waals surface area (Å²) in [6.45, 7) is 4.21. The maximum Gasteiger partial charge on any atom is 0.315 e. The van der Waals surface area contributed by atoms with E-state index in [1.165, 1.54) is 0 Å². The van der Waals surface area contributed by atoms with Gasteiger partial charge in [-0.25, -0.2) is 4.79 Å². The van der Waals surface area contributed by atoms with Gasteiger partial charge in [0.1, 0.15) is 6.04 Å². The van der Waals surface area contributed by atoms with Gasteiger partial charge in [-0.3, -0.25) is 9.59 Å². The second-order valence-electron chi connectivity index (χ2n) is 6.07. The number of anilines is 1. The number of carbonyl (C=O) groups is 3. The molecule has 2 rings (SSSR count). The second kappa shape index (κ2) is 8.33. The van der Waals surface area contributed by atoms with Crippen LogP contribution in [0.15, 0.2) is 30.3 Å². The first-order chi connectivity index (χ1) is 11.5. The highest BCUT2D eigenvalue weighted by Crippen LogP contribution is 2.20. The molecule has 7 nitrogen and oxygen atoms in total. The quantitative estimate of drug-likeness (QED) is 0.751. The molecule has 130 valence electrons. The Morgan fingerprint density at radius 1 is 1.25 bits per heavy atom. The highest BCUT2D eigenvalue weighted by molar-refractivity contribution is 5.99. The highest BCUT2D eigenvalue weighted by atomic mass is 16.2. The molecule has 0 aliphatic carbocycles. The highest BCUT2D eigenvalue weighted by Gasteiger charge is 2.30. The average molecular weight is 332 g/mol. The Morgan fingerprint density at radius 3 is 2.62 bits per heavy atom. The Balaban J connectivity index is 1.86. The van der Waals surface area contributed by atoms with Gasteiger partial charge in [-0.15, -0.1) is 0 Å². The van der Waals surface area contributed by atoms with Gasteiger partial charge in [0.2, 0.25) is 11.8 Å². The number of urea groups is 1. The number of piperidine rings is 1. The number of carbonyl (C=O) groups excluding carboxylic acids is 3. The van der Waals surface area contributed by atoms with E-state index in [9.17, 15) is 14.4 Å². The summed E-state index contributed by atoms with van der Waals surface area (Å²) in [4.78, 5) is 37.7. The fourth-order valence-corrected chi connectivity index (χ4v) is 2.62. The lowest BCUT2D eigenvalue weighted by atomic mass is 10.0. The maximum atomic E-state index is 12.5. The predicted octanol–water partition coefficient (Wildman–Crippen LogP) is 1.01. The fraction of sp³-hybridized carbons (Fsp3) is 0.471. The molecule has 1 saturated heterocycles. The molecule has 4 amide bonds. The van der Waals surface area contributed by atoms with Crippen molar-refractivity contribution in [2.45, 2.75) is 38.8 Å². The first-order valence-corrected chi connectivity index (χ1v) is 8.17. The molecule has 0 radical (unpaired) electrons. The van der Waals surface area contributed by atoms with Crippen molar-refractivity contribution in [2.24, 2.45) is 0 Å². The summed E-state index contributed by atoms with van der Waals surface area (Å²) in [5, 5.41) is 7.82. The van der Waals surface area contributed by atoms with Crippen molar-refractivity contribution in [3.8, 4) is 0 Å². The van der Waals surface area contributed by atoms with E-state index in [0.717, 1.165) is 12.1 Å². The third-order valence-electron chi connectivity index (χ3n) is 3.67. The van der Waals surface area contributed by atoms with Crippen molar-refractivity contribution < 1.29 is 14.4 Å². The number of amides is 4. The van der Waals surface area contributed by atoms with Crippen molar-refractivity contribution in [3.05, 3.63) is 30.3 Å². The summed E-state index contributed by atoms with van der Waals surface area (Å²) >= 11 is 0. The summed E-state index contributed by atoms with van der Waals surface area (Å²) in [5.74, 6) is -0.393. The first-order valence-electron chi connectivity index (χ1n) is 8.17. The van der Waals surface area contributed by atoms with Crippen LogP contribution in [0.4, 0.5) is 10.5 Å². The SMILES string of the molecule is CC(C)NC(=O)CNC(=O)NC1CCCN(c2ccccc2)C1=O. The van der Waals surface area contributed by atoms with Crippen LogP contribution in [0.3, 0.4) is 0 Å². The zero-order valence-corrected chi connectivity index (χ0v) is 14.0. The number of benzene rings is 1. The fourth-order valence-electron chi connectivity index (χ4n) is 2.62. The smallest absolute Gasteiger partial charge is 0.315 e. The molecule has 1 atom stereocenters. The molecule has 1 aromatic rings. The van der Waals surface area contributed by atoms with E-state index >= 15 is 0 Å². The van der Waals surface area contributed by atoms with Crippen molar-refractivity contribution in [3.63, 3.8) is 0 Å². The minimum Gasteiger partial charge on any atom is -0.352 e. The molecule has 0 saturated carbocycles. The monoisotopic (exact) mass is 332 g/mol. The summed E-state index contributed by atoms with van der Waals surface area (Å²) in [6, 6.07) is 8.31. The normalized spacial score (nSPS) is 17.5. The second-order valence-corrected chi connectivity index (χ2v) is 6.07. The molecule has 0 bridgehead atoms. The first kappa shape index (κ1) is 17.8. The van der Waals surface area contributed by atoms with Crippen molar-refractivity contribution in [1.29, 1.82) is 0 Å². The Morgan fingerprint density at radius 2 is 1.96 bits per heavy atom. The summed E-state index contributed by atoms with van der Waals surface area (Å²) in [5.41, 5.74) is 0.825. The zero-order chi connectivity index (χ0) is 17.5. The van der Waals surface area contributed by atoms with E-state index in [2.05, 4.69) is 16.0 Å². The third-order valence-corrected chi connectivity index (χ3v) is 3.67. The van der Waals surface area contributed by atoms with Crippen LogP contribution in [0, 0.1) is 0 Å². The molecule has 1 aromatic carbocycles. The van der Waals surface area contributed by atoms with Gasteiger partial charge in [0, 0.05) is 18.3 Å². The Labute approximate surface area is 141 Å². The average Bonchev–Trinajstić information content (AvgIpc) is 2.55. The molecule has 3 N–H and O–H groups in total. The van der Waals surface area contributed by atoms with Gasteiger partial charge >= 0.3 is 6.03 Å². The van der Waals surface area contributed by atoms with E-state index in [-0.39, 0.29) is 24.4 Å². The Kier molecular flexibility index (Phi) is 6.17.